The van der Waals surface area contributed by atoms with Crippen LogP contribution in [0, 0.1) is 0 Å². The van der Waals surface area contributed by atoms with Crippen LogP contribution in [0.5, 0.6) is 5.75 Å². The summed E-state index contributed by atoms with van der Waals surface area (Å²) in [6.07, 6.45) is -0.919. The van der Waals surface area contributed by atoms with Crippen LogP contribution >= 0.6 is 0 Å². The van der Waals surface area contributed by atoms with Gasteiger partial charge in [0.05, 0.1) is 6.10 Å². The lowest BCUT2D eigenvalue weighted by Gasteiger charge is -2.20. The second kappa shape index (κ2) is 10.3. The predicted molar refractivity (Wildman–Crippen MR) is 120 cm³/mol. The molecule has 162 valence electrons. The molecule has 1 unspecified atom stereocenters. The van der Waals surface area contributed by atoms with Crippen LogP contribution in [0.3, 0.4) is 0 Å². The fraction of sp³-hybridized carbons (Fsp3) is 0.440. The van der Waals surface area contributed by atoms with Gasteiger partial charge in [0, 0.05) is 11.3 Å². The van der Waals surface area contributed by atoms with Gasteiger partial charge in [0.1, 0.15) is 5.75 Å². The number of carbonyl (C=O) groups excluding carboxylic acids is 2. The van der Waals surface area contributed by atoms with Crippen LogP contribution < -0.4 is 10.1 Å². The monoisotopic (exact) mass is 411 g/mol. The molecule has 0 heterocycles. The van der Waals surface area contributed by atoms with E-state index in [9.17, 15) is 9.59 Å². The van der Waals surface area contributed by atoms with E-state index in [-0.39, 0.29) is 12.0 Å². The zero-order valence-corrected chi connectivity index (χ0v) is 19.0. The Morgan fingerprint density at radius 3 is 1.80 bits per heavy atom. The minimum atomic E-state index is -0.724. The fourth-order valence-electron chi connectivity index (χ4n) is 3.15. The van der Waals surface area contributed by atoms with Crippen LogP contribution in [-0.4, -0.2) is 24.1 Å². The number of benzene rings is 2. The van der Waals surface area contributed by atoms with Gasteiger partial charge in [0.25, 0.3) is 5.91 Å². The molecule has 1 N–H and O–H groups in total. The topological polar surface area (TPSA) is 64.6 Å². The average Bonchev–Trinajstić information content (AvgIpc) is 2.67. The molecule has 0 aliphatic rings. The summed E-state index contributed by atoms with van der Waals surface area (Å²) in [4.78, 5) is 24.8. The van der Waals surface area contributed by atoms with E-state index in [0.29, 0.717) is 23.1 Å². The Morgan fingerprint density at radius 1 is 0.800 bits per heavy atom. The summed E-state index contributed by atoms with van der Waals surface area (Å²) >= 11 is 0. The van der Waals surface area contributed by atoms with Gasteiger partial charge in [-0.05, 0) is 68.0 Å². The lowest BCUT2D eigenvalue weighted by atomic mass is 9.92. The summed E-state index contributed by atoms with van der Waals surface area (Å²) in [6.45, 7) is 13.7. The number of nitrogens with one attached hydrogen (secondary N) is 1. The van der Waals surface area contributed by atoms with Crippen LogP contribution in [-0.2, 0) is 9.53 Å². The number of para-hydroxylation sites is 1. The Morgan fingerprint density at radius 2 is 1.33 bits per heavy atom. The second-order valence-corrected chi connectivity index (χ2v) is 8.35. The van der Waals surface area contributed by atoms with E-state index in [1.807, 2.05) is 6.07 Å². The minimum absolute atomic E-state index is 0.177. The Hall–Kier alpha value is -2.82. The Labute approximate surface area is 179 Å². The Balaban J connectivity index is 2.15. The minimum Gasteiger partial charge on any atom is -0.479 e. The van der Waals surface area contributed by atoms with Crippen molar-refractivity contribution in [2.45, 2.75) is 72.5 Å². The molecule has 1 atom stereocenters. The van der Waals surface area contributed by atoms with Crippen LogP contribution in [0.1, 0.15) is 81.8 Å². The van der Waals surface area contributed by atoms with Crippen molar-refractivity contribution in [3.8, 4) is 5.75 Å². The van der Waals surface area contributed by atoms with E-state index < -0.39 is 12.1 Å². The molecule has 2 aromatic rings. The summed E-state index contributed by atoms with van der Waals surface area (Å²) in [6, 6.07) is 12.9. The molecule has 2 rings (SSSR count). The van der Waals surface area contributed by atoms with E-state index in [0.717, 1.165) is 16.8 Å². The molecule has 2 aromatic carbocycles. The number of ether oxygens (including phenoxy) is 2. The molecule has 0 fully saturated rings. The molecule has 1 amide bonds. The number of amides is 1. The molecular weight excluding hydrogens is 378 g/mol. The highest BCUT2D eigenvalue weighted by Gasteiger charge is 2.19. The Kier molecular flexibility index (Phi) is 8.04. The molecular formula is C25H33NO4. The zero-order chi connectivity index (χ0) is 22.4. The maximum atomic E-state index is 12.9. The van der Waals surface area contributed by atoms with Gasteiger partial charge in [-0.1, -0.05) is 45.9 Å². The molecule has 0 aromatic heterocycles. The van der Waals surface area contributed by atoms with Crippen molar-refractivity contribution in [1.82, 2.24) is 0 Å². The van der Waals surface area contributed by atoms with E-state index in [1.165, 1.54) is 0 Å². The molecule has 5 nitrogen and oxygen atoms in total. The van der Waals surface area contributed by atoms with Crippen LogP contribution in [0.15, 0.2) is 42.5 Å². The molecule has 0 bridgehead atoms. The summed E-state index contributed by atoms with van der Waals surface area (Å²) in [5.74, 6) is 0.496. The highest BCUT2D eigenvalue weighted by Crippen LogP contribution is 2.32. The van der Waals surface area contributed by atoms with Gasteiger partial charge in [0.2, 0.25) is 0 Å². The summed E-state index contributed by atoms with van der Waals surface area (Å²) < 4.78 is 10.8. The van der Waals surface area contributed by atoms with Crippen LogP contribution in [0.2, 0.25) is 0 Å². The summed E-state index contributed by atoms with van der Waals surface area (Å²) in [7, 11) is 0. The lowest BCUT2D eigenvalue weighted by molar-refractivity contribution is -0.154. The third kappa shape index (κ3) is 6.09. The number of hydrogen-bond acceptors (Lipinski definition) is 4. The molecule has 0 spiro atoms. The van der Waals surface area contributed by atoms with Gasteiger partial charge in [-0.15, -0.1) is 0 Å². The first-order valence-corrected chi connectivity index (χ1v) is 10.5. The highest BCUT2D eigenvalue weighted by atomic mass is 16.6. The molecule has 5 heteroatoms. The summed E-state index contributed by atoms with van der Waals surface area (Å²) in [5.41, 5.74) is 3.64. The largest absolute Gasteiger partial charge is 0.479 e. The van der Waals surface area contributed by atoms with E-state index in [1.54, 1.807) is 45.0 Å². The number of anilines is 1. The van der Waals surface area contributed by atoms with E-state index >= 15 is 0 Å². The maximum Gasteiger partial charge on any atom is 0.347 e. The first-order valence-electron chi connectivity index (χ1n) is 10.5. The van der Waals surface area contributed by atoms with Crippen molar-refractivity contribution in [2.75, 3.05) is 5.32 Å². The van der Waals surface area contributed by atoms with Crippen molar-refractivity contribution in [3.63, 3.8) is 0 Å². The zero-order valence-electron chi connectivity index (χ0n) is 19.0. The maximum absolute atomic E-state index is 12.9. The third-order valence-corrected chi connectivity index (χ3v) is 4.72. The van der Waals surface area contributed by atoms with Crippen LogP contribution in [0.25, 0.3) is 0 Å². The average molecular weight is 412 g/mol. The number of hydrogen-bond donors (Lipinski definition) is 1. The van der Waals surface area contributed by atoms with E-state index in [2.05, 4.69) is 45.1 Å². The molecule has 30 heavy (non-hydrogen) atoms. The van der Waals surface area contributed by atoms with Crippen molar-refractivity contribution in [2.24, 2.45) is 0 Å². The molecule has 0 aliphatic heterocycles. The van der Waals surface area contributed by atoms with Crippen molar-refractivity contribution in [1.29, 1.82) is 0 Å². The second-order valence-electron chi connectivity index (χ2n) is 8.35. The Bertz CT molecular complexity index is 843. The molecule has 0 saturated carbocycles. The van der Waals surface area contributed by atoms with Crippen molar-refractivity contribution in [3.05, 3.63) is 59.2 Å². The highest BCUT2D eigenvalue weighted by molar-refractivity contribution is 6.05. The van der Waals surface area contributed by atoms with Gasteiger partial charge in [0.15, 0.2) is 6.10 Å². The van der Waals surface area contributed by atoms with Crippen molar-refractivity contribution >= 4 is 17.6 Å². The SMILES string of the molecule is CC(C)OC(=O)C(C)Oc1ccc(C(=O)Nc2c(C(C)C)cccc2C(C)C)cc1. The first kappa shape index (κ1) is 23.5. The van der Waals surface area contributed by atoms with Gasteiger partial charge < -0.3 is 14.8 Å². The third-order valence-electron chi connectivity index (χ3n) is 4.72. The normalized spacial score (nSPS) is 12.2. The van der Waals surface area contributed by atoms with Gasteiger partial charge in [-0.2, -0.15) is 0 Å². The predicted octanol–water partition coefficient (Wildman–Crippen LogP) is 5.90. The molecule has 0 saturated heterocycles. The molecule has 0 radical (unpaired) electrons. The number of carbonyl (C=O) groups is 2. The van der Waals surface area contributed by atoms with E-state index in [4.69, 9.17) is 9.47 Å². The summed E-state index contributed by atoms with van der Waals surface area (Å²) in [5, 5.41) is 3.10. The fourth-order valence-corrected chi connectivity index (χ4v) is 3.15. The lowest BCUT2D eigenvalue weighted by Crippen LogP contribution is -2.28. The van der Waals surface area contributed by atoms with Gasteiger partial charge in [-0.25, -0.2) is 4.79 Å². The van der Waals surface area contributed by atoms with Gasteiger partial charge in [-0.3, -0.25) is 4.79 Å². The standard InChI is InChI=1S/C25H33NO4/c1-15(2)21-9-8-10-22(16(3)4)23(21)26-24(27)19-11-13-20(14-12-19)30-18(7)25(28)29-17(5)6/h8-18H,1-7H3,(H,26,27). The molecule has 0 aliphatic carbocycles. The van der Waals surface area contributed by atoms with Gasteiger partial charge >= 0.3 is 5.97 Å². The smallest absolute Gasteiger partial charge is 0.347 e. The van der Waals surface area contributed by atoms with Crippen molar-refractivity contribution < 1.29 is 19.1 Å². The number of esters is 1. The number of rotatable bonds is 8. The quantitative estimate of drug-likeness (QED) is 0.549. The van der Waals surface area contributed by atoms with Crippen LogP contribution in [0.4, 0.5) is 5.69 Å². The first-order chi connectivity index (χ1) is 14.1.